The molecule has 3 aromatic carbocycles. The van der Waals surface area contributed by atoms with Crippen LogP contribution in [-0.4, -0.2) is 36.8 Å². The normalized spacial score (nSPS) is 13.7. The van der Waals surface area contributed by atoms with Gasteiger partial charge in [-0.05, 0) is 73.1 Å². The molecule has 0 bridgehead atoms. The lowest BCUT2D eigenvalue weighted by molar-refractivity contribution is 0.297. The third-order valence-electron chi connectivity index (χ3n) is 7.05. The fourth-order valence-corrected chi connectivity index (χ4v) is 4.93. The summed E-state index contributed by atoms with van der Waals surface area (Å²) in [6.07, 6.45) is 5.38. The van der Waals surface area contributed by atoms with E-state index in [-0.39, 0.29) is 0 Å². The Balaban J connectivity index is 1.42. The van der Waals surface area contributed by atoms with Crippen molar-refractivity contribution in [1.29, 1.82) is 0 Å². The van der Waals surface area contributed by atoms with Gasteiger partial charge in [-0.25, -0.2) is 0 Å². The lowest BCUT2D eigenvalue weighted by Gasteiger charge is -2.29. The second-order valence-electron chi connectivity index (χ2n) is 9.57. The van der Waals surface area contributed by atoms with Gasteiger partial charge in [-0.2, -0.15) is 9.97 Å². The monoisotopic (exact) mass is 481 g/mol. The summed E-state index contributed by atoms with van der Waals surface area (Å²) in [5.41, 5.74) is 6.98. The van der Waals surface area contributed by atoms with Crippen molar-refractivity contribution in [1.82, 2.24) is 9.97 Å². The van der Waals surface area contributed by atoms with Gasteiger partial charge < -0.3 is 14.4 Å². The van der Waals surface area contributed by atoms with Crippen molar-refractivity contribution in [2.75, 3.05) is 31.7 Å². The number of benzene rings is 3. The summed E-state index contributed by atoms with van der Waals surface area (Å²) in [6, 6.07) is 22.0. The fraction of sp³-hybridized carbons (Fsp3) is 0.355. The number of anilines is 1. The molecule has 2 heterocycles. The first-order valence-electron chi connectivity index (χ1n) is 13.1. The molecule has 4 aromatic rings. The number of aromatic nitrogens is 2. The molecule has 1 saturated heterocycles. The molecule has 1 aliphatic heterocycles. The van der Waals surface area contributed by atoms with E-state index in [0.29, 0.717) is 12.6 Å². The van der Waals surface area contributed by atoms with E-state index in [9.17, 15) is 0 Å². The number of methoxy groups -OCH3 is 1. The Bertz CT molecular complexity index is 1330. The van der Waals surface area contributed by atoms with Gasteiger partial charge in [0.2, 0.25) is 0 Å². The van der Waals surface area contributed by atoms with Gasteiger partial charge in [0.1, 0.15) is 11.6 Å². The van der Waals surface area contributed by atoms with Crippen molar-refractivity contribution < 1.29 is 9.47 Å². The predicted octanol–water partition coefficient (Wildman–Crippen LogP) is 6.79. The minimum absolute atomic E-state index is 0.448. The summed E-state index contributed by atoms with van der Waals surface area (Å²) in [5, 5.41) is 1.09. The first-order chi connectivity index (χ1) is 17.6. The Hall–Kier alpha value is -3.60. The summed E-state index contributed by atoms with van der Waals surface area (Å²) in [7, 11) is 1.73. The van der Waals surface area contributed by atoms with Gasteiger partial charge in [-0.3, -0.25) is 0 Å². The van der Waals surface area contributed by atoms with Gasteiger partial charge >= 0.3 is 6.01 Å². The van der Waals surface area contributed by atoms with Crippen LogP contribution in [0.5, 0.6) is 11.8 Å². The summed E-state index contributed by atoms with van der Waals surface area (Å²) in [6.45, 7) is 6.81. The summed E-state index contributed by atoms with van der Waals surface area (Å²) < 4.78 is 11.7. The number of fused-ring (bicyclic) bond motifs is 1. The topological polar surface area (TPSA) is 47.5 Å². The van der Waals surface area contributed by atoms with Crippen LogP contribution in [0.25, 0.3) is 22.0 Å². The van der Waals surface area contributed by atoms with Crippen LogP contribution in [0, 0.1) is 6.92 Å². The molecule has 5 heteroatoms. The van der Waals surface area contributed by atoms with E-state index in [1.165, 1.54) is 47.1 Å². The van der Waals surface area contributed by atoms with Crippen LogP contribution in [-0.2, 0) is 12.8 Å². The zero-order valence-electron chi connectivity index (χ0n) is 21.6. The van der Waals surface area contributed by atoms with Crippen LogP contribution in [0.1, 0.15) is 42.9 Å². The number of aryl methyl sites for hydroxylation is 2. The van der Waals surface area contributed by atoms with Crippen LogP contribution in [0.2, 0.25) is 0 Å². The van der Waals surface area contributed by atoms with E-state index >= 15 is 0 Å². The molecule has 0 N–H and O–H groups in total. The number of hydrogen-bond acceptors (Lipinski definition) is 5. The number of hydrogen-bond donors (Lipinski definition) is 0. The Kier molecular flexibility index (Phi) is 7.36. The summed E-state index contributed by atoms with van der Waals surface area (Å²) >= 11 is 0. The number of rotatable bonds is 8. The molecule has 1 aromatic heterocycles. The van der Waals surface area contributed by atoms with E-state index in [4.69, 9.17) is 19.4 Å². The van der Waals surface area contributed by atoms with Crippen LogP contribution >= 0.6 is 0 Å². The molecule has 0 atom stereocenters. The first-order valence-corrected chi connectivity index (χ1v) is 13.1. The van der Waals surface area contributed by atoms with Crippen LogP contribution in [0.15, 0.2) is 60.7 Å². The quantitative estimate of drug-likeness (QED) is 0.277. The second-order valence-corrected chi connectivity index (χ2v) is 9.57. The van der Waals surface area contributed by atoms with E-state index in [0.717, 1.165) is 48.4 Å². The number of piperidine rings is 1. The highest BCUT2D eigenvalue weighted by molar-refractivity contribution is 5.93. The highest BCUT2D eigenvalue weighted by atomic mass is 16.5. The zero-order valence-corrected chi connectivity index (χ0v) is 21.6. The third kappa shape index (κ3) is 5.30. The highest BCUT2D eigenvalue weighted by Crippen LogP contribution is 2.32. The molecule has 5 nitrogen and oxygen atoms in total. The van der Waals surface area contributed by atoms with Gasteiger partial charge in [0, 0.05) is 24.9 Å². The minimum Gasteiger partial charge on any atom is -0.496 e. The largest absolute Gasteiger partial charge is 0.496 e. The second kappa shape index (κ2) is 11.0. The van der Waals surface area contributed by atoms with Crippen molar-refractivity contribution in [3.63, 3.8) is 0 Å². The smallest absolute Gasteiger partial charge is 0.318 e. The van der Waals surface area contributed by atoms with Gasteiger partial charge in [-0.1, -0.05) is 55.0 Å². The van der Waals surface area contributed by atoms with Crippen LogP contribution in [0.4, 0.5) is 5.82 Å². The maximum atomic E-state index is 6.12. The molecular weight excluding hydrogens is 446 g/mol. The van der Waals surface area contributed by atoms with Crippen LogP contribution < -0.4 is 14.4 Å². The van der Waals surface area contributed by atoms with Crippen molar-refractivity contribution in [2.24, 2.45) is 0 Å². The van der Waals surface area contributed by atoms with Crippen LogP contribution in [0.3, 0.4) is 0 Å². The van der Waals surface area contributed by atoms with Gasteiger partial charge in [0.25, 0.3) is 0 Å². The number of nitrogens with zero attached hydrogens (tertiary/aromatic N) is 3. The molecular formula is C31H35N3O2. The minimum atomic E-state index is 0.448. The standard InChI is InChI=1S/C31H35N3O2/c1-4-24-13-10-23(20-29(24)35-3)16-19-36-31-32-28-15-14-26(25-11-8-22(2)9-12-25)21-27(28)30(33-31)34-17-6-5-7-18-34/h8-15,20-21H,4-7,16-19H2,1-3H3. The van der Waals surface area contributed by atoms with Gasteiger partial charge in [-0.15, -0.1) is 0 Å². The fourth-order valence-electron chi connectivity index (χ4n) is 4.93. The lowest BCUT2D eigenvalue weighted by Crippen LogP contribution is -2.30. The molecule has 1 aliphatic rings. The Morgan fingerprint density at radius 1 is 0.861 bits per heavy atom. The zero-order chi connectivity index (χ0) is 24.9. The van der Waals surface area contributed by atoms with Crippen molar-refractivity contribution in [3.8, 4) is 22.9 Å². The Labute approximate surface area is 214 Å². The number of ether oxygens (including phenoxy) is 2. The molecule has 5 rings (SSSR count). The molecule has 186 valence electrons. The third-order valence-corrected chi connectivity index (χ3v) is 7.05. The van der Waals surface area contributed by atoms with E-state index in [1.54, 1.807) is 7.11 Å². The van der Waals surface area contributed by atoms with Gasteiger partial charge in [0.05, 0.1) is 19.2 Å². The van der Waals surface area contributed by atoms with Crippen molar-refractivity contribution in [3.05, 3.63) is 77.4 Å². The predicted molar refractivity (Wildman–Crippen MR) is 147 cm³/mol. The highest BCUT2D eigenvalue weighted by Gasteiger charge is 2.18. The van der Waals surface area contributed by atoms with Gasteiger partial charge in [0.15, 0.2) is 0 Å². The van der Waals surface area contributed by atoms with E-state index < -0.39 is 0 Å². The molecule has 0 unspecified atom stereocenters. The maximum Gasteiger partial charge on any atom is 0.318 e. The average molecular weight is 482 g/mol. The molecule has 0 aliphatic carbocycles. The summed E-state index contributed by atoms with van der Waals surface area (Å²) in [4.78, 5) is 12.1. The molecule has 0 amide bonds. The Morgan fingerprint density at radius 2 is 1.64 bits per heavy atom. The molecule has 36 heavy (non-hydrogen) atoms. The van der Waals surface area contributed by atoms with Crippen molar-refractivity contribution >= 4 is 16.7 Å². The molecule has 0 radical (unpaired) electrons. The first kappa shape index (κ1) is 24.1. The summed E-state index contributed by atoms with van der Waals surface area (Å²) in [5.74, 6) is 1.92. The SMILES string of the molecule is CCc1ccc(CCOc2nc(N3CCCCC3)c3cc(-c4ccc(C)cc4)ccc3n2)cc1OC. The maximum absolute atomic E-state index is 6.12. The molecule has 0 spiro atoms. The van der Waals surface area contributed by atoms with E-state index in [1.807, 2.05) is 0 Å². The average Bonchev–Trinajstić information content (AvgIpc) is 2.93. The lowest BCUT2D eigenvalue weighted by atomic mass is 10.0. The Morgan fingerprint density at radius 3 is 2.39 bits per heavy atom. The van der Waals surface area contributed by atoms with Crippen molar-refractivity contribution in [2.45, 2.75) is 46.0 Å². The molecule has 1 fully saturated rings. The molecule has 0 saturated carbocycles. The van der Waals surface area contributed by atoms with E-state index in [2.05, 4.69) is 79.4 Å².